The molecule has 1 aromatic carbocycles. The Balaban J connectivity index is 2.55. The van der Waals surface area contributed by atoms with Gasteiger partial charge in [-0.1, -0.05) is 30.3 Å². The number of amides is 1. The van der Waals surface area contributed by atoms with Crippen LogP contribution in [0.5, 0.6) is 0 Å². The van der Waals surface area contributed by atoms with Crippen molar-refractivity contribution in [2.75, 3.05) is 0 Å². The van der Waals surface area contributed by atoms with E-state index < -0.39 is 23.0 Å². The summed E-state index contributed by atoms with van der Waals surface area (Å²) in [5.41, 5.74) is 0.464. The number of alkyl carbamates (subject to hydrolysis) is 1. The van der Waals surface area contributed by atoms with Crippen LogP contribution in [0.2, 0.25) is 0 Å². The first-order valence-electron chi connectivity index (χ1n) is 6.63. The van der Waals surface area contributed by atoms with Gasteiger partial charge < -0.3 is 15.2 Å². The number of carbonyl (C=O) groups excluding carboxylic acids is 1. The third-order valence-electron chi connectivity index (χ3n) is 2.33. The van der Waals surface area contributed by atoms with Gasteiger partial charge in [-0.2, -0.15) is 0 Å². The first kappa shape index (κ1) is 17.4. The van der Waals surface area contributed by atoms with Crippen LogP contribution in [0.25, 0.3) is 0 Å². The third-order valence-corrected chi connectivity index (χ3v) is 3.52. The molecule has 2 N–H and O–H groups in total. The Labute approximate surface area is 129 Å². The number of carbonyl (C=O) groups is 2. The van der Waals surface area contributed by atoms with Crippen molar-refractivity contribution in [3.05, 3.63) is 35.9 Å². The molecule has 0 saturated heterocycles. The number of thioether (sulfide) groups is 1. The Morgan fingerprint density at radius 1 is 1.29 bits per heavy atom. The minimum absolute atomic E-state index is 0.156. The summed E-state index contributed by atoms with van der Waals surface area (Å²) in [6.07, 6.45) is -0.758. The average Bonchev–Trinajstić information content (AvgIpc) is 2.34. The summed E-state index contributed by atoms with van der Waals surface area (Å²) in [6.45, 7) is 5.28. The van der Waals surface area contributed by atoms with Gasteiger partial charge in [0.15, 0.2) is 0 Å². The van der Waals surface area contributed by atoms with E-state index in [0.29, 0.717) is 5.75 Å². The van der Waals surface area contributed by atoms with Crippen molar-refractivity contribution in [3.63, 3.8) is 0 Å². The van der Waals surface area contributed by atoms with Crippen molar-refractivity contribution in [2.24, 2.45) is 0 Å². The van der Waals surface area contributed by atoms with Crippen LogP contribution < -0.4 is 5.32 Å². The van der Waals surface area contributed by atoms with Gasteiger partial charge >= 0.3 is 12.1 Å². The molecule has 0 aliphatic carbocycles. The van der Waals surface area contributed by atoms with Crippen LogP contribution >= 0.6 is 11.8 Å². The van der Waals surface area contributed by atoms with E-state index >= 15 is 0 Å². The fourth-order valence-corrected chi connectivity index (χ4v) is 2.55. The molecular formula is C15H21NO4S. The van der Waals surface area contributed by atoms with Gasteiger partial charge in [0.1, 0.15) is 5.60 Å². The van der Waals surface area contributed by atoms with Gasteiger partial charge in [-0.15, -0.1) is 11.8 Å². The van der Waals surface area contributed by atoms with Crippen LogP contribution in [0.3, 0.4) is 0 Å². The topological polar surface area (TPSA) is 75.6 Å². The van der Waals surface area contributed by atoms with Gasteiger partial charge in [-0.05, 0) is 26.3 Å². The molecule has 0 fully saturated rings. The van der Waals surface area contributed by atoms with E-state index in [-0.39, 0.29) is 6.42 Å². The second kappa shape index (κ2) is 7.93. The Morgan fingerprint density at radius 3 is 2.43 bits per heavy atom. The molecule has 0 aliphatic heterocycles. The number of ether oxygens (including phenoxy) is 1. The zero-order valence-electron chi connectivity index (χ0n) is 12.5. The maximum absolute atomic E-state index is 11.7. The molecule has 5 nitrogen and oxygen atoms in total. The minimum Gasteiger partial charge on any atom is -0.481 e. The summed E-state index contributed by atoms with van der Waals surface area (Å²) < 4.78 is 5.15. The molecular weight excluding hydrogens is 290 g/mol. The van der Waals surface area contributed by atoms with E-state index in [1.807, 2.05) is 30.3 Å². The van der Waals surface area contributed by atoms with Crippen molar-refractivity contribution >= 4 is 23.8 Å². The first-order valence-corrected chi connectivity index (χ1v) is 7.68. The van der Waals surface area contributed by atoms with Crippen molar-refractivity contribution in [1.29, 1.82) is 0 Å². The largest absolute Gasteiger partial charge is 0.481 e. The molecule has 0 saturated carbocycles. The fourth-order valence-electron chi connectivity index (χ4n) is 1.52. The Morgan fingerprint density at radius 2 is 1.90 bits per heavy atom. The standard InChI is InChI=1S/C15H21NO4S/c1-15(2,3)20-14(19)16-12(9-13(17)18)21-10-11-7-5-4-6-8-11/h4-8,12H,9-10H2,1-3H3,(H,16,19)(H,17,18). The molecule has 0 heterocycles. The molecule has 1 aromatic rings. The van der Waals surface area contributed by atoms with Crippen LogP contribution in [-0.4, -0.2) is 28.1 Å². The van der Waals surface area contributed by atoms with Gasteiger partial charge in [0.2, 0.25) is 0 Å². The van der Waals surface area contributed by atoms with Crippen molar-refractivity contribution in [2.45, 2.75) is 43.9 Å². The molecule has 1 rings (SSSR count). The smallest absolute Gasteiger partial charge is 0.408 e. The highest BCUT2D eigenvalue weighted by Gasteiger charge is 2.21. The molecule has 0 bridgehead atoms. The van der Waals surface area contributed by atoms with Crippen LogP contribution in [0.1, 0.15) is 32.8 Å². The highest BCUT2D eigenvalue weighted by Crippen LogP contribution is 2.19. The van der Waals surface area contributed by atoms with Crippen molar-refractivity contribution in [3.8, 4) is 0 Å². The van der Waals surface area contributed by atoms with Crippen molar-refractivity contribution < 1.29 is 19.4 Å². The lowest BCUT2D eigenvalue weighted by Gasteiger charge is -2.22. The lowest BCUT2D eigenvalue weighted by molar-refractivity contribution is -0.137. The number of rotatable bonds is 6. The first-order chi connectivity index (χ1) is 9.76. The summed E-state index contributed by atoms with van der Waals surface area (Å²) in [4.78, 5) is 22.6. The van der Waals surface area contributed by atoms with Crippen molar-refractivity contribution in [1.82, 2.24) is 5.32 Å². The van der Waals surface area contributed by atoms with Crippen LogP contribution in [0.4, 0.5) is 4.79 Å². The summed E-state index contributed by atoms with van der Waals surface area (Å²) in [5.74, 6) is -0.342. The summed E-state index contributed by atoms with van der Waals surface area (Å²) in [6, 6.07) is 9.67. The van der Waals surface area contributed by atoms with Gasteiger partial charge in [0.05, 0.1) is 11.8 Å². The lowest BCUT2D eigenvalue weighted by Crippen LogP contribution is -2.38. The van der Waals surface area contributed by atoms with E-state index in [0.717, 1.165) is 5.56 Å². The van der Waals surface area contributed by atoms with Crippen LogP contribution in [0, 0.1) is 0 Å². The number of aliphatic carboxylic acids is 1. The highest BCUT2D eigenvalue weighted by atomic mass is 32.2. The lowest BCUT2D eigenvalue weighted by atomic mass is 10.2. The second-order valence-corrected chi connectivity index (χ2v) is 6.72. The molecule has 1 amide bonds. The van der Waals surface area contributed by atoms with Gasteiger partial charge in [-0.25, -0.2) is 4.79 Å². The minimum atomic E-state index is -0.961. The van der Waals surface area contributed by atoms with Gasteiger partial charge in [-0.3, -0.25) is 4.79 Å². The van der Waals surface area contributed by atoms with Gasteiger partial charge in [0.25, 0.3) is 0 Å². The molecule has 1 unspecified atom stereocenters. The summed E-state index contributed by atoms with van der Waals surface area (Å²) >= 11 is 1.36. The Hall–Kier alpha value is -1.69. The summed E-state index contributed by atoms with van der Waals surface area (Å²) in [7, 11) is 0. The maximum atomic E-state index is 11.7. The molecule has 0 aromatic heterocycles. The molecule has 116 valence electrons. The molecule has 0 radical (unpaired) electrons. The van der Waals surface area contributed by atoms with Crippen LogP contribution in [0.15, 0.2) is 30.3 Å². The SMILES string of the molecule is CC(C)(C)OC(=O)NC(CC(=O)O)SCc1ccccc1. The molecule has 1 atom stereocenters. The molecule has 0 spiro atoms. The quantitative estimate of drug-likeness (QED) is 0.789. The Bertz CT molecular complexity index is 470. The van der Waals surface area contributed by atoms with E-state index in [4.69, 9.17) is 9.84 Å². The molecule has 21 heavy (non-hydrogen) atoms. The Kier molecular flexibility index (Phi) is 6.55. The monoisotopic (exact) mass is 311 g/mol. The number of carboxylic acids is 1. The number of carboxylic acid groups (broad SMARTS) is 1. The number of hydrogen-bond acceptors (Lipinski definition) is 4. The van der Waals surface area contributed by atoms with E-state index in [9.17, 15) is 9.59 Å². The number of nitrogens with one attached hydrogen (secondary N) is 1. The van der Waals surface area contributed by atoms with E-state index in [2.05, 4.69) is 5.32 Å². The van der Waals surface area contributed by atoms with Gasteiger partial charge in [0, 0.05) is 5.75 Å². The second-order valence-electron chi connectivity index (χ2n) is 5.53. The average molecular weight is 311 g/mol. The van der Waals surface area contributed by atoms with Crippen LogP contribution in [-0.2, 0) is 15.3 Å². The van der Waals surface area contributed by atoms with E-state index in [1.54, 1.807) is 20.8 Å². The molecule has 6 heteroatoms. The maximum Gasteiger partial charge on any atom is 0.408 e. The fraction of sp³-hybridized carbons (Fsp3) is 0.467. The third kappa shape index (κ3) is 8.24. The predicted molar refractivity (Wildman–Crippen MR) is 83.1 cm³/mol. The predicted octanol–water partition coefficient (Wildman–Crippen LogP) is 3.25. The number of hydrogen-bond donors (Lipinski definition) is 2. The normalized spacial score (nSPS) is 12.5. The van der Waals surface area contributed by atoms with E-state index in [1.165, 1.54) is 11.8 Å². The zero-order chi connectivity index (χ0) is 15.9. The highest BCUT2D eigenvalue weighted by molar-refractivity contribution is 7.99. The molecule has 0 aliphatic rings. The number of benzene rings is 1. The zero-order valence-corrected chi connectivity index (χ0v) is 13.3. The summed E-state index contributed by atoms with van der Waals surface area (Å²) in [5, 5.41) is 11.0.